The Hall–Kier alpha value is -2.01. The zero-order chi connectivity index (χ0) is 12.4. The molecule has 17 heavy (non-hydrogen) atoms. The highest BCUT2D eigenvalue weighted by Crippen LogP contribution is 2.17. The second-order valence-corrected chi connectivity index (χ2v) is 3.77. The molecule has 2 aromatic rings. The summed E-state index contributed by atoms with van der Waals surface area (Å²) in [6.07, 6.45) is 3.56. The lowest BCUT2D eigenvalue weighted by atomic mass is 10.2. The van der Waals surface area contributed by atoms with Crippen molar-refractivity contribution >= 4 is 23.7 Å². The fraction of sp³-hybridized carbons (Fsp3) is 0.0909. The van der Waals surface area contributed by atoms with Crippen molar-refractivity contribution in [3.63, 3.8) is 0 Å². The first kappa shape index (κ1) is 11.5. The number of hydrogen-bond donors (Lipinski definition) is 0. The third-order valence-electron chi connectivity index (χ3n) is 2.16. The zero-order valence-electron chi connectivity index (χ0n) is 8.92. The van der Waals surface area contributed by atoms with Crippen LogP contribution in [0, 0.1) is 0 Å². The molecule has 2 heterocycles. The van der Waals surface area contributed by atoms with Gasteiger partial charge in [-0.25, -0.2) is 9.67 Å². The second kappa shape index (κ2) is 4.47. The van der Waals surface area contributed by atoms with Gasteiger partial charge in [-0.05, 0) is 12.1 Å². The topological polar surface area (TPSA) is 64.8 Å². The number of ketones is 1. The van der Waals surface area contributed by atoms with Crippen molar-refractivity contribution in [2.24, 2.45) is 0 Å². The van der Waals surface area contributed by atoms with Gasteiger partial charge in [-0.3, -0.25) is 9.59 Å². The van der Waals surface area contributed by atoms with Gasteiger partial charge in [0.25, 0.3) is 0 Å². The van der Waals surface area contributed by atoms with Crippen LogP contribution in [-0.4, -0.2) is 26.8 Å². The normalized spacial score (nSPS) is 10.2. The molecule has 2 rings (SSSR count). The minimum absolute atomic E-state index is 0.113. The van der Waals surface area contributed by atoms with Crippen molar-refractivity contribution < 1.29 is 9.59 Å². The van der Waals surface area contributed by atoms with Gasteiger partial charge in [0.2, 0.25) is 0 Å². The lowest BCUT2D eigenvalue weighted by Crippen LogP contribution is -2.01. The molecule has 0 aliphatic rings. The molecular weight excluding hydrogens is 242 g/mol. The van der Waals surface area contributed by atoms with E-state index in [1.165, 1.54) is 17.8 Å². The van der Waals surface area contributed by atoms with Crippen LogP contribution in [0.5, 0.6) is 0 Å². The molecule has 0 radical (unpaired) electrons. The number of carbonyl (C=O) groups is 2. The predicted molar refractivity (Wildman–Crippen MR) is 61.8 cm³/mol. The number of halogens is 1. The lowest BCUT2D eigenvalue weighted by molar-refractivity contribution is 0.100. The number of hydrogen-bond acceptors (Lipinski definition) is 4. The summed E-state index contributed by atoms with van der Waals surface area (Å²) in [4.78, 5) is 26.1. The van der Waals surface area contributed by atoms with Crippen LogP contribution >= 0.6 is 11.6 Å². The Bertz CT molecular complexity index is 592. The maximum Gasteiger partial charge on any atom is 0.180 e. The summed E-state index contributed by atoms with van der Waals surface area (Å²) < 4.78 is 1.32. The van der Waals surface area contributed by atoms with Crippen LogP contribution in [0.1, 0.15) is 27.8 Å². The Morgan fingerprint density at radius 3 is 2.82 bits per heavy atom. The number of pyridine rings is 1. The average molecular weight is 250 g/mol. The van der Waals surface area contributed by atoms with Gasteiger partial charge < -0.3 is 0 Å². The molecule has 5 nitrogen and oxygen atoms in total. The summed E-state index contributed by atoms with van der Waals surface area (Å²) in [6, 6.07) is 3.33. The molecular formula is C11H8ClN3O2. The van der Waals surface area contributed by atoms with E-state index in [2.05, 4.69) is 10.1 Å². The van der Waals surface area contributed by atoms with Crippen LogP contribution in [0.2, 0.25) is 5.02 Å². The molecule has 0 fully saturated rings. The van der Waals surface area contributed by atoms with Crippen LogP contribution in [0.15, 0.2) is 24.5 Å². The summed E-state index contributed by atoms with van der Waals surface area (Å²) in [6.45, 7) is 1.35. The van der Waals surface area contributed by atoms with Crippen LogP contribution in [-0.2, 0) is 0 Å². The van der Waals surface area contributed by atoms with Crippen molar-refractivity contribution in [3.8, 4) is 5.82 Å². The molecule has 0 saturated carbocycles. The Kier molecular flexibility index (Phi) is 3.01. The lowest BCUT2D eigenvalue weighted by Gasteiger charge is -2.01. The highest BCUT2D eigenvalue weighted by atomic mass is 35.5. The highest BCUT2D eigenvalue weighted by molar-refractivity contribution is 6.32. The third-order valence-corrected chi connectivity index (χ3v) is 2.45. The average Bonchev–Trinajstić information content (AvgIpc) is 2.73. The Balaban J connectivity index is 2.58. The summed E-state index contributed by atoms with van der Waals surface area (Å²) in [5.74, 6) is 0.0997. The summed E-state index contributed by atoms with van der Waals surface area (Å²) in [5.41, 5.74) is 0.334. The molecule has 0 aromatic carbocycles. The van der Waals surface area contributed by atoms with Crippen molar-refractivity contribution in [2.45, 2.75) is 6.92 Å². The minimum Gasteiger partial charge on any atom is -0.298 e. The van der Waals surface area contributed by atoms with E-state index in [9.17, 15) is 9.59 Å². The Morgan fingerprint density at radius 2 is 2.29 bits per heavy atom. The van der Waals surface area contributed by atoms with Crippen molar-refractivity contribution in [3.05, 3.63) is 40.8 Å². The number of nitrogens with zero attached hydrogens (tertiary/aromatic N) is 3. The maximum atomic E-state index is 11.3. The van der Waals surface area contributed by atoms with Crippen LogP contribution < -0.4 is 0 Å². The molecule has 0 aliphatic carbocycles. The SMILES string of the molecule is CC(=O)c1nn(-c2ncccc2Cl)cc1C=O. The van der Waals surface area contributed by atoms with E-state index >= 15 is 0 Å². The standard InChI is InChI=1S/C11H8ClN3O2/c1-7(17)10-8(6-16)5-15(14-10)11-9(12)3-2-4-13-11/h2-6H,1H3. The van der Waals surface area contributed by atoms with Gasteiger partial charge in [0.1, 0.15) is 5.69 Å². The molecule has 0 N–H and O–H groups in total. The molecule has 0 aliphatic heterocycles. The fourth-order valence-corrected chi connectivity index (χ4v) is 1.61. The number of aldehydes is 1. The molecule has 6 heteroatoms. The largest absolute Gasteiger partial charge is 0.298 e. The van der Waals surface area contributed by atoms with Crippen molar-refractivity contribution in [1.29, 1.82) is 0 Å². The van der Waals surface area contributed by atoms with Crippen LogP contribution in [0.4, 0.5) is 0 Å². The fourth-order valence-electron chi connectivity index (χ4n) is 1.40. The first-order valence-electron chi connectivity index (χ1n) is 4.80. The summed E-state index contributed by atoms with van der Waals surface area (Å²) in [7, 11) is 0. The monoisotopic (exact) mass is 249 g/mol. The van der Waals surface area contributed by atoms with E-state index < -0.39 is 0 Å². The minimum atomic E-state index is -0.280. The molecule has 0 unspecified atom stereocenters. The van der Waals surface area contributed by atoms with Crippen LogP contribution in [0.25, 0.3) is 5.82 Å². The summed E-state index contributed by atoms with van der Waals surface area (Å²) >= 11 is 5.95. The molecule has 0 bridgehead atoms. The van der Waals surface area contributed by atoms with Gasteiger partial charge in [0, 0.05) is 19.3 Å². The Morgan fingerprint density at radius 1 is 1.53 bits per heavy atom. The molecule has 86 valence electrons. The number of carbonyl (C=O) groups excluding carboxylic acids is 2. The smallest absolute Gasteiger partial charge is 0.180 e. The van der Waals surface area contributed by atoms with E-state index in [4.69, 9.17) is 11.6 Å². The zero-order valence-corrected chi connectivity index (χ0v) is 9.68. The van der Waals surface area contributed by atoms with E-state index in [1.807, 2.05) is 0 Å². The Labute approximate surface area is 102 Å². The summed E-state index contributed by atoms with van der Waals surface area (Å²) in [5, 5.41) is 4.39. The number of Topliss-reactive ketones (excluding diaryl/α,β-unsaturated/α-hetero) is 1. The number of aromatic nitrogens is 3. The van der Waals surface area contributed by atoms with Crippen molar-refractivity contribution in [1.82, 2.24) is 14.8 Å². The molecule has 2 aromatic heterocycles. The van der Waals surface area contributed by atoms with E-state index in [0.717, 1.165) is 0 Å². The van der Waals surface area contributed by atoms with E-state index in [1.54, 1.807) is 18.3 Å². The van der Waals surface area contributed by atoms with Gasteiger partial charge >= 0.3 is 0 Å². The van der Waals surface area contributed by atoms with Gasteiger partial charge in [-0.15, -0.1) is 0 Å². The van der Waals surface area contributed by atoms with Gasteiger partial charge in [-0.2, -0.15) is 5.10 Å². The first-order chi connectivity index (χ1) is 8.13. The first-order valence-corrected chi connectivity index (χ1v) is 5.18. The van der Waals surface area contributed by atoms with Gasteiger partial charge in [-0.1, -0.05) is 11.6 Å². The highest BCUT2D eigenvalue weighted by Gasteiger charge is 2.14. The number of rotatable bonds is 3. The molecule has 0 saturated heterocycles. The van der Waals surface area contributed by atoms with E-state index in [-0.39, 0.29) is 17.0 Å². The maximum absolute atomic E-state index is 11.3. The van der Waals surface area contributed by atoms with Crippen LogP contribution in [0.3, 0.4) is 0 Å². The quantitative estimate of drug-likeness (QED) is 0.616. The predicted octanol–water partition coefficient (Wildman–Crippen LogP) is 1.94. The van der Waals surface area contributed by atoms with Crippen molar-refractivity contribution in [2.75, 3.05) is 0 Å². The molecule has 0 atom stereocenters. The molecule has 0 amide bonds. The van der Waals surface area contributed by atoms with Gasteiger partial charge in [0.05, 0.1) is 10.6 Å². The molecule has 0 spiro atoms. The van der Waals surface area contributed by atoms with Gasteiger partial charge in [0.15, 0.2) is 17.9 Å². The second-order valence-electron chi connectivity index (χ2n) is 3.36. The third kappa shape index (κ3) is 2.09. The van der Waals surface area contributed by atoms with E-state index in [0.29, 0.717) is 17.1 Å².